The van der Waals surface area contributed by atoms with Crippen LogP contribution in [0.15, 0.2) is 0 Å². The second kappa shape index (κ2) is 7.82. The van der Waals surface area contributed by atoms with Crippen molar-refractivity contribution in [2.75, 3.05) is 49.5 Å². The Labute approximate surface area is 152 Å². The molecule has 0 radical (unpaired) electrons. The Morgan fingerprint density at radius 3 is 2.75 bits per heavy atom. The van der Waals surface area contributed by atoms with Gasteiger partial charge in [0.15, 0.2) is 0 Å². The van der Waals surface area contributed by atoms with Gasteiger partial charge in [0.1, 0.15) is 10.6 Å². The lowest BCUT2D eigenvalue weighted by Gasteiger charge is -2.27. The third-order valence-electron chi connectivity index (χ3n) is 4.61. The number of piperazine rings is 1. The fourth-order valence-electron chi connectivity index (χ4n) is 3.45. The summed E-state index contributed by atoms with van der Waals surface area (Å²) < 4.78 is 0. The molecule has 132 valence electrons. The third kappa shape index (κ3) is 3.31. The fourth-order valence-corrected chi connectivity index (χ4v) is 4.71. The predicted octanol–water partition coefficient (Wildman–Crippen LogP) is 1.81. The summed E-state index contributed by atoms with van der Waals surface area (Å²) in [6, 6.07) is 0. The molecule has 1 fully saturated rings. The minimum Gasteiger partial charge on any atom is -0.395 e. The summed E-state index contributed by atoms with van der Waals surface area (Å²) in [5.41, 5.74) is 1.43. The Hall–Kier alpha value is -1.15. The molecule has 2 aromatic rings. The maximum atomic E-state index is 9.18. The first kappa shape index (κ1) is 17.7. The lowest BCUT2D eigenvalue weighted by atomic mass is 9.97. The van der Waals surface area contributed by atoms with Crippen LogP contribution >= 0.6 is 23.7 Å². The number of aromatic nitrogens is 2. The van der Waals surface area contributed by atoms with Gasteiger partial charge in [0.05, 0.1) is 12.0 Å². The highest BCUT2D eigenvalue weighted by atomic mass is 35.5. The molecule has 24 heavy (non-hydrogen) atoms. The number of thiophene rings is 1. The number of aliphatic hydroxyl groups excluding tert-OH is 1. The van der Waals surface area contributed by atoms with Crippen molar-refractivity contribution in [3.63, 3.8) is 0 Å². The van der Waals surface area contributed by atoms with Crippen molar-refractivity contribution in [3.8, 4) is 0 Å². The summed E-state index contributed by atoms with van der Waals surface area (Å²) in [4.78, 5) is 14.5. The molecule has 0 bridgehead atoms. The summed E-state index contributed by atoms with van der Waals surface area (Å²) in [5, 5.41) is 17.1. The minimum absolute atomic E-state index is 0. The average Bonchev–Trinajstić information content (AvgIpc) is 2.99. The van der Waals surface area contributed by atoms with E-state index in [-0.39, 0.29) is 19.0 Å². The number of rotatable bonds is 4. The number of aryl methyl sites for hydroxylation is 2. The monoisotopic (exact) mass is 369 g/mol. The van der Waals surface area contributed by atoms with Crippen LogP contribution < -0.4 is 15.5 Å². The molecule has 0 aromatic carbocycles. The van der Waals surface area contributed by atoms with Gasteiger partial charge in [-0.15, -0.1) is 23.7 Å². The lowest BCUT2D eigenvalue weighted by molar-refractivity contribution is 0.311. The maximum Gasteiger partial charge on any atom is 0.228 e. The zero-order chi connectivity index (χ0) is 15.6. The van der Waals surface area contributed by atoms with Crippen molar-refractivity contribution in [2.45, 2.75) is 25.7 Å². The first-order valence-corrected chi connectivity index (χ1v) is 9.31. The van der Waals surface area contributed by atoms with Gasteiger partial charge in [-0.3, -0.25) is 0 Å². The van der Waals surface area contributed by atoms with E-state index in [0.717, 1.165) is 49.2 Å². The Balaban J connectivity index is 0.00000169. The molecule has 8 heteroatoms. The van der Waals surface area contributed by atoms with Crippen molar-refractivity contribution < 1.29 is 5.11 Å². The summed E-state index contributed by atoms with van der Waals surface area (Å²) in [6.07, 6.45) is 4.81. The number of anilines is 2. The van der Waals surface area contributed by atoms with Gasteiger partial charge in [-0.25, -0.2) is 4.98 Å². The number of hydrogen-bond acceptors (Lipinski definition) is 7. The Morgan fingerprint density at radius 2 is 1.96 bits per heavy atom. The summed E-state index contributed by atoms with van der Waals surface area (Å²) in [6.45, 7) is 4.47. The molecule has 0 atom stereocenters. The van der Waals surface area contributed by atoms with Gasteiger partial charge in [-0.2, -0.15) is 4.98 Å². The first-order valence-electron chi connectivity index (χ1n) is 8.49. The smallest absolute Gasteiger partial charge is 0.228 e. The molecular weight excluding hydrogens is 346 g/mol. The molecule has 2 aliphatic rings. The molecule has 1 aliphatic carbocycles. The summed E-state index contributed by atoms with van der Waals surface area (Å²) >= 11 is 1.83. The van der Waals surface area contributed by atoms with Crippen LogP contribution in [0.1, 0.15) is 23.3 Å². The fraction of sp³-hybridized carbons (Fsp3) is 0.625. The zero-order valence-electron chi connectivity index (χ0n) is 13.7. The molecule has 4 rings (SSSR count). The van der Waals surface area contributed by atoms with E-state index in [1.165, 1.54) is 35.1 Å². The molecule has 0 amide bonds. The Morgan fingerprint density at radius 1 is 1.17 bits per heavy atom. The number of fused-ring (bicyclic) bond motifs is 3. The van der Waals surface area contributed by atoms with Crippen LogP contribution in [0.2, 0.25) is 0 Å². The Bertz CT molecular complexity index is 701. The topological polar surface area (TPSA) is 73.3 Å². The molecule has 1 saturated heterocycles. The van der Waals surface area contributed by atoms with Crippen LogP contribution in [0.3, 0.4) is 0 Å². The van der Waals surface area contributed by atoms with Crippen LogP contribution in [0.5, 0.6) is 0 Å². The molecule has 6 nitrogen and oxygen atoms in total. The van der Waals surface area contributed by atoms with Crippen molar-refractivity contribution in [1.82, 2.24) is 15.3 Å². The quantitative estimate of drug-likeness (QED) is 0.763. The van der Waals surface area contributed by atoms with E-state index >= 15 is 0 Å². The van der Waals surface area contributed by atoms with Gasteiger partial charge in [0.25, 0.3) is 0 Å². The number of aliphatic hydroxyl groups is 1. The van der Waals surface area contributed by atoms with E-state index in [1.807, 2.05) is 11.3 Å². The average molecular weight is 370 g/mol. The van der Waals surface area contributed by atoms with Crippen LogP contribution in [0.4, 0.5) is 11.8 Å². The number of nitrogens with zero attached hydrogens (tertiary/aromatic N) is 3. The largest absolute Gasteiger partial charge is 0.395 e. The van der Waals surface area contributed by atoms with Gasteiger partial charge < -0.3 is 20.6 Å². The zero-order valence-corrected chi connectivity index (χ0v) is 15.3. The second-order valence-electron chi connectivity index (χ2n) is 6.15. The van der Waals surface area contributed by atoms with Crippen LogP contribution in [-0.2, 0) is 12.8 Å². The van der Waals surface area contributed by atoms with E-state index in [9.17, 15) is 5.11 Å². The number of nitrogens with one attached hydrogen (secondary N) is 2. The number of halogens is 1. The van der Waals surface area contributed by atoms with Crippen molar-refractivity contribution in [3.05, 3.63) is 10.4 Å². The second-order valence-corrected chi connectivity index (χ2v) is 7.23. The Kier molecular flexibility index (Phi) is 5.76. The van der Waals surface area contributed by atoms with E-state index in [0.29, 0.717) is 6.54 Å². The maximum absolute atomic E-state index is 9.18. The van der Waals surface area contributed by atoms with E-state index in [4.69, 9.17) is 9.97 Å². The molecule has 0 saturated carbocycles. The molecule has 0 spiro atoms. The first-order chi connectivity index (χ1) is 11.4. The minimum atomic E-state index is 0. The molecule has 0 unspecified atom stereocenters. The van der Waals surface area contributed by atoms with Crippen molar-refractivity contribution >= 4 is 45.7 Å². The molecule has 3 N–H and O–H groups in total. The van der Waals surface area contributed by atoms with Gasteiger partial charge in [-0.05, 0) is 31.2 Å². The van der Waals surface area contributed by atoms with Gasteiger partial charge in [-0.1, -0.05) is 0 Å². The standard InChI is InChI=1S/C16H23N5OS.ClH/c22-10-7-18-14-13-11-3-1-2-4-12(11)23-15(13)20-16(19-14)21-8-5-17-6-9-21;/h17,22H,1-10H2,(H,18,19,20);1H. The predicted molar refractivity (Wildman–Crippen MR) is 102 cm³/mol. The van der Waals surface area contributed by atoms with Crippen molar-refractivity contribution in [1.29, 1.82) is 0 Å². The number of hydrogen-bond donors (Lipinski definition) is 3. The molecule has 1 aliphatic heterocycles. The van der Waals surface area contributed by atoms with Crippen LogP contribution in [-0.4, -0.2) is 54.4 Å². The highest BCUT2D eigenvalue weighted by Crippen LogP contribution is 2.39. The van der Waals surface area contributed by atoms with E-state index in [1.54, 1.807) is 0 Å². The van der Waals surface area contributed by atoms with Gasteiger partial charge in [0.2, 0.25) is 5.95 Å². The van der Waals surface area contributed by atoms with Crippen molar-refractivity contribution in [2.24, 2.45) is 0 Å². The van der Waals surface area contributed by atoms with Crippen LogP contribution in [0, 0.1) is 0 Å². The summed E-state index contributed by atoms with van der Waals surface area (Å²) in [5.74, 6) is 1.72. The summed E-state index contributed by atoms with van der Waals surface area (Å²) in [7, 11) is 0. The van der Waals surface area contributed by atoms with E-state index in [2.05, 4.69) is 15.5 Å². The molecule has 2 aromatic heterocycles. The van der Waals surface area contributed by atoms with Gasteiger partial charge >= 0.3 is 0 Å². The van der Waals surface area contributed by atoms with Gasteiger partial charge in [0, 0.05) is 37.6 Å². The highest BCUT2D eigenvalue weighted by Gasteiger charge is 2.23. The third-order valence-corrected chi connectivity index (χ3v) is 5.79. The van der Waals surface area contributed by atoms with Crippen LogP contribution in [0.25, 0.3) is 10.2 Å². The molecular formula is C16H24ClN5OS. The normalized spacial score (nSPS) is 17.5. The highest BCUT2D eigenvalue weighted by molar-refractivity contribution is 7.19. The van der Waals surface area contributed by atoms with E-state index < -0.39 is 0 Å². The SMILES string of the molecule is Cl.OCCNc1nc(N2CCNCC2)nc2sc3c(c12)CCCC3. The molecule has 3 heterocycles. The lowest BCUT2D eigenvalue weighted by Crippen LogP contribution is -2.44.